The van der Waals surface area contributed by atoms with Gasteiger partial charge in [-0.25, -0.2) is 9.59 Å². The minimum atomic E-state index is -0.981. The van der Waals surface area contributed by atoms with Crippen molar-refractivity contribution >= 4 is 11.9 Å². The molecule has 0 aliphatic carbocycles. The van der Waals surface area contributed by atoms with Crippen molar-refractivity contribution in [3.63, 3.8) is 0 Å². The van der Waals surface area contributed by atoms with E-state index >= 15 is 0 Å². The Morgan fingerprint density at radius 1 is 1.11 bits per heavy atom. The molecule has 0 bridgehead atoms. The molecule has 0 amide bonds. The number of aliphatic carboxylic acids is 2. The Labute approximate surface area is 112 Å². The second-order valence-corrected chi connectivity index (χ2v) is 3.91. The molecule has 0 aliphatic rings. The molecule has 0 fully saturated rings. The predicted molar refractivity (Wildman–Crippen MR) is 69.6 cm³/mol. The van der Waals surface area contributed by atoms with Crippen molar-refractivity contribution in [1.29, 1.82) is 0 Å². The topological polar surface area (TPSA) is 135 Å². The molecule has 0 radical (unpaired) electrons. The maximum Gasteiger partial charge on any atom is 0.330 e. The maximum atomic E-state index is 9.60. The zero-order valence-electron chi connectivity index (χ0n) is 11.2. The molecule has 7 nitrogen and oxygen atoms in total. The average Bonchev–Trinajstić information content (AvgIpc) is 2.39. The van der Waals surface area contributed by atoms with Crippen molar-refractivity contribution in [2.45, 2.75) is 13.8 Å². The molecule has 0 aliphatic heterocycles. The molecule has 0 heterocycles. The normalized spacial score (nSPS) is 9.11. The molecule has 0 atom stereocenters. The van der Waals surface area contributed by atoms with Crippen LogP contribution in [-0.2, 0) is 9.59 Å². The number of hydrogen-bond donors (Lipinski definition) is 5. The van der Waals surface area contributed by atoms with Gasteiger partial charge in [-0.3, -0.25) is 0 Å². The van der Waals surface area contributed by atoms with Crippen LogP contribution in [0.3, 0.4) is 0 Å². The van der Waals surface area contributed by atoms with Gasteiger partial charge in [0.05, 0.1) is 19.8 Å². The van der Waals surface area contributed by atoms with E-state index in [1.807, 2.05) is 0 Å². The summed E-state index contributed by atoms with van der Waals surface area (Å²) >= 11 is 0. The van der Waals surface area contributed by atoms with E-state index in [0.29, 0.717) is 0 Å². The summed E-state index contributed by atoms with van der Waals surface area (Å²) in [4.78, 5) is 18.8. The van der Waals surface area contributed by atoms with Gasteiger partial charge < -0.3 is 25.5 Å². The molecule has 0 unspecified atom stereocenters. The summed E-state index contributed by atoms with van der Waals surface area (Å²) in [5.74, 6) is -1.92. The van der Waals surface area contributed by atoms with E-state index in [1.54, 1.807) is 6.92 Å². The number of aliphatic hydroxyl groups excluding tert-OH is 3. The minimum Gasteiger partial charge on any atom is -0.478 e. The van der Waals surface area contributed by atoms with Gasteiger partial charge in [-0.1, -0.05) is 20.1 Å². The molecule has 7 heteroatoms. The van der Waals surface area contributed by atoms with E-state index in [4.69, 9.17) is 25.5 Å². The van der Waals surface area contributed by atoms with Crippen molar-refractivity contribution < 1.29 is 35.1 Å². The zero-order chi connectivity index (χ0) is 16.1. The smallest absolute Gasteiger partial charge is 0.330 e. The van der Waals surface area contributed by atoms with Crippen molar-refractivity contribution in [2.24, 2.45) is 5.41 Å². The third kappa shape index (κ3) is 18.8. The van der Waals surface area contributed by atoms with Gasteiger partial charge >= 0.3 is 11.9 Å². The Hall–Kier alpha value is -1.70. The van der Waals surface area contributed by atoms with Crippen LogP contribution in [0.2, 0.25) is 0 Å². The second-order valence-electron chi connectivity index (χ2n) is 3.91. The lowest BCUT2D eigenvalue weighted by Gasteiger charge is -2.20. The fraction of sp³-hybridized carbons (Fsp3) is 0.500. The summed E-state index contributed by atoms with van der Waals surface area (Å²) in [6.45, 7) is 8.62. The minimum absolute atomic E-state index is 0.176. The molecular weight excluding hydrogens is 256 g/mol. The molecule has 112 valence electrons. The Balaban J connectivity index is -0.000000209. The summed E-state index contributed by atoms with van der Waals surface area (Å²) in [6.07, 6.45) is 0.833. The van der Waals surface area contributed by atoms with Gasteiger partial charge in [-0.2, -0.15) is 0 Å². The van der Waals surface area contributed by atoms with Gasteiger partial charge in [0.15, 0.2) is 0 Å². The van der Waals surface area contributed by atoms with Gasteiger partial charge in [0, 0.05) is 17.1 Å². The molecule has 0 aromatic heterocycles. The third-order valence-electron chi connectivity index (χ3n) is 1.68. The van der Waals surface area contributed by atoms with Crippen LogP contribution in [-0.4, -0.2) is 57.3 Å². The fourth-order valence-electron chi connectivity index (χ4n) is 0.150. The first-order chi connectivity index (χ1) is 8.59. The molecule has 0 saturated heterocycles. The fourth-order valence-corrected chi connectivity index (χ4v) is 0.150. The Morgan fingerprint density at radius 3 is 1.32 bits per heavy atom. The number of rotatable bonds is 5. The van der Waals surface area contributed by atoms with Crippen LogP contribution in [0.1, 0.15) is 13.8 Å². The van der Waals surface area contributed by atoms with E-state index in [9.17, 15) is 9.59 Å². The standard InChI is InChI=1S/C5H12O3.C4H6O2.C3H4O2/c1-5(2-6,3-7)4-8;1-3(2)4(5)6;1-2-3(4)5/h6-8H,2-4H2,1H3;1H2,2H3,(H,5,6);2H,1H2,(H,4,5). The van der Waals surface area contributed by atoms with E-state index in [2.05, 4.69) is 13.2 Å². The van der Waals surface area contributed by atoms with E-state index in [1.165, 1.54) is 6.92 Å². The van der Waals surface area contributed by atoms with Crippen LogP contribution in [0.4, 0.5) is 0 Å². The Bertz CT molecular complexity index is 272. The highest BCUT2D eigenvalue weighted by molar-refractivity contribution is 5.84. The first-order valence-corrected chi connectivity index (χ1v) is 5.17. The average molecular weight is 278 g/mol. The quantitative estimate of drug-likeness (QED) is 0.442. The van der Waals surface area contributed by atoms with Crippen LogP contribution in [0.15, 0.2) is 24.8 Å². The lowest BCUT2D eigenvalue weighted by atomic mass is 9.95. The van der Waals surface area contributed by atoms with Gasteiger partial charge in [-0.15, -0.1) is 0 Å². The molecule has 0 aromatic carbocycles. The van der Waals surface area contributed by atoms with Crippen LogP contribution < -0.4 is 0 Å². The van der Waals surface area contributed by atoms with Gasteiger partial charge in [0.2, 0.25) is 0 Å². The van der Waals surface area contributed by atoms with Crippen molar-refractivity contribution in [3.8, 4) is 0 Å². The van der Waals surface area contributed by atoms with Crippen molar-refractivity contribution in [3.05, 3.63) is 24.8 Å². The van der Waals surface area contributed by atoms with Crippen molar-refractivity contribution in [2.75, 3.05) is 19.8 Å². The highest BCUT2D eigenvalue weighted by atomic mass is 16.4. The van der Waals surface area contributed by atoms with Gasteiger partial charge in [-0.05, 0) is 6.92 Å². The molecule has 0 saturated carbocycles. The summed E-state index contributed by atoms with van der Waals surface area (Å²) in [5.41, 5.74) is -0.532. The number of carboxylic acids is 2. The molecule has 5 N–H and O–H groups in total. The van der Waals surface area contributed by atoms with E-state index in [-0.39, 0.29) is 25.4 Å². The molecule has 0 spiro atoms. The number of hydrogen-bond acceptors (Lipinski definition) is 5. The Kier molecular flexibility index (Phi) is 15.1. The Morgan fingerprint density at radius 2 is 1.32 bits per heavy atom. The lowest BCUT2D eigenvalue weighted by molar-refractivity contribution is -0.133. The lowest BCUT2D eigenvalue weighted by Crippen LogP contribution is -2.29. The highest BCUT2D eigenvalue weighted by Crippen LogP contribution is 2.10. The van der Waals surface area contributed by atoms with Crippen LogP contribution in [0.25, 0.3) is 0 Å². The monoisotopic (exact) mass is 278 g/mol. The van der Waals surface area contributed by atoms with E-state index < -0.39 is 17.4 Å². The van der Waals surface area contributed by atoms with Crippen molar-refractivity contribution in [1.82, 2.24) is 0 Å². The summed E-state index contributed by atoms with van der Waals surface area (Å²) in [7, 11) is 0. The number of carboxylic acid groups (broad SMARTS) is 2. The molecule has 0 aromatic rings. The number of aliphatic hydroxyl groups is 3. The first kappa shape index (κ1) is 22.5. The van der Waals surface area contributed by atoms with E-state index in [0.717, 1.165) is 6.08 Å². The maximum absolute atomic E-state index is 9.60. The van der Waals surface area contributed by atoms with Crippen LogP contribution in [0, 0.1) is 5.41 Å². The highest BCUT2D eigenvalue weighted by Gasteiger charge is 2.20. The summed E-state index contributed by atoms with van der Waals surface area (Å²) in [5, 5.41) is 40.9. The molecular formula is C12H22O7. The first-order valence-electron chi connectivity index (χ1n) is 5.17. The predicted octanol–water partition coefficient (Wildman–Crippen LogP) is -0.126. The number of carbonyl (C=O) groups is 2. The zero-order valence-corrected chi connectivity index (χ0v) is 11.2. The molecule has 0 rings (SSSR count). The largest absolute Gasteiger partial charge is 0.478 e. The SMILES string of the molecule is C=C(C)C(=O)O.C=CC(=O)O.CC(CO)(CO)CO. The second kappa shape index (κ2) is 12.7. The summed E-state index contributed by atoms with van der Waals surface area (Å²) in [6, 6.07) is 0. The van der Waals surface area contributed by atoms with Crippen LogP contribution in [0.5, 0.6) is 0 Å². The van der Waals surface area contributed by atoms with Gasteiger partial charge in [0.1, 0.15) is 0 Å². The van der Waals surface area contributed by atoms with Crippen LogP contribution >= 0.6 is 0 Å². The van der Waals surface area contributed by atoms with Gasteiger partial charge in [0.25, 0.3) is 0 Å². The molecule has 19 heavy (non-hydrogen) atoms. The third-order valence-corrected chi connectivity index (χ3v) is 1.68. The summed E-state index contributed by atoms with van der Waals surface area (Å²) < 4.78 is 0.